The minimum atomic E-state index is 0.392. The zero-order chi connectivity index (χ0) is 7.68. The number of nitrogens with zero attached hydrogens (tertiary/aromatic N) is 1. The Hall–Kier alpha value is -0.600. The molecule has 1 unspecified atom stereocenters. The maximum atomic E-state index is 5.93. The SMILES string of the molecule is Clc1cccnc1C1CCN1. The highest BCUT2D eigenvalue weighted by molar-refractivity contribution is 6.31. The number of nitrogens with one attached hydrogen (secondary N) is 1. The van der Waals surface area contributed by atoms with Crippen LogP contribution in [0.4, 0.5) is 0 Å². The molecule has 2 nitrogen and oxygen atoms in total. The second-order valence-corrected chi connectivity index (χ2v) is 3.07. The molecule has 1 saturated heterocycles. The highest BCUT2D eigenvalue weighted by Crippen LogP contribution is 2.26. The largest absolute Gasteiger partial charge is 0.308 e. The van der Waals surface area contributed by atoms with Crippen molar-refractivity contribution in [2.24, 2.45) is 0 Å². The van der Waals surface area contributed by atoms with E-state index in [1.165, 1.54) is 0 Å². The van der Waals surface area contributed by atoms with Gasteiger partial charge in [0.15, 0.2) is 0 Å². The van der Waals surface area contributed by atoms with Gasteiger partial charge in [-0.25, -0.2) is 0 Å². The maximum absolute atomic E-state index is 5.93. The zero-order valence-corrected chi connectivity index (χ0v) is 6.80. The Morgan fingerprint density at radius 1 is 1.64 bits per heavy atom. The average Bonchev–Trinajstić information content (AvgIpc) is 1.90. The molecule has 0 bridgehead atoms. The number of halogens is 1. The fourth-order valence-corrected chi connectivity index (χ4v) is 1.43. The van der Waals surface area contributed by atoms with Crippen molar-refractivity contribution in [3.05, 3.63) is 29.0 Å². The molecule has 0 aromatic carbocycles. The molecule has 1 fully saturated rings. The summed E-state index contributed by atoms with van der Waals surface area (Å²) in [5.41, 5.74) is 0.986. The van der Waals surface area contributed by atoms with Gasteiger partial charge in [0.2, 0.25) is 0 Å². The van der Waals surface area contributed by atoms with Gasteiger partial charge in [0.05, 0.1) is 16.8 Å². The molecule has 1 aromatic heterocycles. The molecule has 1 N–H and O–H groups in total. The van der Waals surface area contributed by atoms with Gasteiger partial charge in [0, 0.05) is 6.20 Å². The fourth-order valence-electron chi connectivity index (χ4n) is 1.18. The third-order valence-corrected chi connectivity index (χ3v) is 2.26. The minimum absolute atomic E-state index is 0.392. The van der Waals surface area contributed by atoms with E-state index in [9.17, 15) is 0 Å². The molecule has 0 radical (unpaired) electrons. The molecule has 0 spiro atoms. The second kappa shape index (κ2) is 2.80. The first kappa shape index (κ1) is 7.07. The Bertz CT molecular complexity index is 258. The first-order chi connectivity index (χ1) is 5.38. The van der Waals surface area contributed by atoms with E-state index in [2.05, 4.69) is 10.3 Å². The number of aromatic nitrogens is 1. The Kier molecular flexibility index (Phi) is 1.80. The molecule has 11 heavy (non-hydrogen) atoms. The van der Waals surface area contributed by atoms with Crippen molar-refractivity contribution < 1.29 is 0 Å². The van der Waals surface area contributed by atoms with E-state index in [1.807, 2.05) is 12.1 Å². The highest BCUT2D eigenvalue weighted by Gasteiger charge is 2.21. The van der Waals surface area contributed by atoms with Gasteiger partial charge in [-0.1, -0.05) is 11.6 Å². The van der Waals surface area contributed by atoms with E-state index in [1.54, 1.807) is 6.20 Å². The van der Waals surface area contributed by atoms with E-state index in [0.29, 0.717) is 6.04 Å². The fraction of sp³-hybridized carbons (Fsp3) is 0.375. The predicted octanol–water partition coefficient (Wildman–Crippen LogP) is 1.77. The topological polar surface area (TPSA) is 24.9 Å². The molecule has 1 atom stereocenters. The molecule has 2 rings (SSSR count). The van der Waals surface area contributed by atoms with Crippen LogP contribution >= 0.6 is 11.6 Å². The first-order valence-electron chi connectivity index (χ1n) is 3.72. The molecular formula is C8H9ClN2. The van der Waals surface area contributed by atoms with Gasteiger partial charge in [0.1, 0.15) is 0 Å². The van der Waals surface area contributed by atoms with Crippen molar-refractivity contribution in [2.45, 2.75) is 12.5 Å². The standard InChI is InChI=1S/C8H9ClN2/c9-6-2-1-4-11-8(6)7-3-5-10-7/h1-2,4,7,10H,3,5H2. The van der Waals surface area contributed by atoms with Crippen LogP contribution in [0.3, 0.4) is 0 Å². The van der Waals surface area contributed by atoms with E-state index in [0.717, 1.165) is 23.7 Å². The van der Waals surface area contributed by atoms with Gasteiger partial charge in [-0.2, -0.15) is 0 Å². The van der Waals surface area contributed by atoms with E-state index < -0.39 is 0 Å². The smallest absolute Gasteiger partial charge is 0.0759 e. The molecule has 0 saturated carbocycles. The van der Waals surface area contributed by atoms with Crippen LogP contribution in [0.25, 0.3) is 0 Å². The molecule has 0 aliphatic carbocycles. The van der Waals surface area contributed by atoms with E-state index >= 15 is 0 Å². The summed E-state index contributed by atoms with van der Waals surface area (Å²) in [6.45, 7) is 1.08. The predicted molar refractivity (Wildman–Crippen MR) is 44.6 cm³/mol. The molecule has 2 heterocycles. The van der Waals surface area contributed by atoms with Crippen LogP contribution in [0.5, 0.6) is 0 Å². The monoisotopic (exact) mass is 168 g/mol. The molecule has 1 aromatic rings. The van der Waals surface area contributed by atoms with Crippen LogP contribution in [0, 0.1) is 0 Å². The van der Waals surface area contributed by atoms with Crippen LogP contribution in [0.2, 0.25) is 5.02 Å². The van der Waals surface area contributed by atoms with Crippen LogP contribution in [-0.4, -0.2) is 11.5 Å². The molecular weight excluding hydrogens is 160 g/mol. The van der Waals surface area contributed by atoms with Gasteiger partial charge < -0.3 is 5.32 Å². The highest BCUT2D eigenvalue weighted by atomic mass is 35.5. The molecule has 1 aliphatic heterocycles. The summed E-state index contributed by atoms with van der Waals surface area (Å²) in [5, 5.41) is 4.02. The minimum Gasteiger partial charge on any atom is -0.308 e. The lowest BCUT2D eigenvalue weighted by Gasteiger charge is -2.27. The summed E-state index contributed by atoms with van der Waals surface area (Å²) in [6, 6.07) is 4.12. The van der Waals surface area contributed by atoms with Crippen molar-refractivity contribution in [1.82, 2.24) is 10.3 Å². The summed E-state index contributed by atoms with van der Waals surface area (Å²) in [4.78, 5) is 4.21. The van der Waals surface area contributed by atoms with Crippen LogP contribution < -0.4 is 5.32 Å². The third kappa shape index (κ3) is 1.24. The van der Waals surface area contributed by atoms with Gasteiger partial charge in [-0.3, -0.25) is 4.98 Å². The van der Waals surface area contributed by atoms with Gasteiger partial charge >= 0.3 is 0 Å². The Morgan fingerprint density at radius 3 is 3.00 bits per heavy atom. The number of hydrogen-bond donors (Lipinski definition) is 1. The van der Waals surface area contributed by atoms with Crippen molar-refractivity contribution in [3.8, 4) is 0 Å². The van der Waals surface area contributed by atoms with E-state index in [-0.39, 0.29) is 0 Å². The summed E-state index contributed by atoms with van der Waals surface area (Å²) in [7, 11) is 0. The number of pyridine rings is 1. The van der Waals surface area contributed by atoms with Gasteiger partial charge in [-0.15, -0.1) is 0 Å². The molecule has 3 heteroatoms. The lowest BCUT2D eigenvalue weighted by molar-refractivity contribution is 0.375. The van der Waals surface area contributed by atoms with Gasteiger partial charge in [0.25, 0.3) is 0 Å². The Balaban J connectivity index is 2.28. The quantitative estimate of drug-likeness (QED) is 0.692. The normalized spacial score (nSPS) is 22.8. The third-order valence-electron chi connectivity index (χ3n) is 1.94. The summed E-state index contributed by atoms with van der Waals surface area (Å²) < 4.78 is 0. The number of rotatable bonds is 1. The summed E-state index contributed by atoms with van der Waals surface area (Å²) in [5.74, 6) is 0. The number of hydrogen-bond acceptors (Lipinski definition) is 2. The summed E-state index contributed by atoms with van der Waals surface area (Å²) >= 11 is 5.93. The second-order valence-electron chi connectivity index (χ2n) is 2.67. The maximum Gasteiger partial charge on any atom is 0.0759 e. The van der Waals surface area contributed by atoms with Crippen LogP contribution in [0.15, 0.2) is 18.3 Å². The first-order valence-corrected chi connectivity index (χ1v) is 4.09. The lowest BCUT2D eigenvalue weighted by atomic mass is 10.0. The molecule has 1 aliphatic rings. The molecule has 58 valence electrons. The van der Waals surface area contributed by atoms with Gasteiger partial charge in [-0.05, 0) is 25.1 Å². The lowest BCUT2D eigenvalue weighted by Crippen LogP contribution is -2.35. The van der Waals surface area contributed by atoms with Crippen LogP contribution in [-0.2, 0) is 0 Å². The average molecular weight is 169 g/mol. The Labute approximate surface area is 70.6 Å². The van der Waals surface area contributed by atoms with Crippen molar-refractivity contribution in [2.75, 3.05) is 6.54 Å². The summed E-state index contributed by atoms with van der Waals surface area (Å²) in [6.07, 6.45) is 2.93. The molecule has 0 amide bonds. The van der Waals surface area contributed by atoms with E-state index in [4.69, 9.17) is 11.6 Å². The zero-order valence-electron chi connectivity index (χ0n) is 6.05. The van der Waals surface area contributed by atoms with Crippen molar-refractivity contribution in [3.63, 3.8) is 0 Å². The van der Waals surface area contributed by atoms with Crippen molar-refractivity contribution >= 4 is 11.6 Å². The van der Waals surface area contributed by atoms with Crippen LogP contribution in [0.1, 0.15) is 18.2 Å². The Morgan fingerprint density at radius 2 is 2.45 bits per heavy atom. The van der Waals surface area contributed by atoms with Crippen molar-refractivity contribution in [1.29, 1.82) is 0 Å².